The zero-order chi connectivity index (χ0) is 13.9. The summed E-state index contributed by atoms with van der Waals surface area (Å²) in [6.45, 7) is 2.08. The van der Waals surface area contributed by atoms with Gasteiger partial charge in [0.05, 0.1) is 11.5 Å². The maximum absolute atomic E-state index is 11.8. The number of aryl methyl sites for hydroxylation is 1. The lowest BCUT2D eigenvalue weighted by Gasteiger charge is -2.09. The number of hydrogen-bond donors (Lipinski definition) is 1. The lowest BCUT2D eigenvalue weighted by Crippen LogP contribution is -2.17. The van der Waals surface area contributed by atoms with Gasteiger partial charge in [0, 0.05) is 12.1 Å². The van der Waals surface area contributed by atoms with Crippen molar-refractivity contribution in [2.75, 3.05) is 16.8 Å². The first-order chi connectivity index (χ1) is 8.98. The normalized spacial score (nSPS) is 21.2. The van der Waals surface area contributed by atoms with Crippen LogP contribution in [0.1, 0.15) is 25.3 Å². The van der Waals surface area contributed by atoms with Crippen molar-refractivity contribution < 1.29 is 13.2 Å². The van der Waals surface area contributed by atoms with Gasteiger partial charge in [0.15, 0.2) is 9.84 Å². The Bertz CT molecular complexity index is 549. The standard InChI is InChI=1S/C14H19NO3S/c1-2-11-3-5-13(6-4-11)15-14(16)9-12-7-8-19(17,18)10-12/h3-6,12H,2,7-10H2,1H3,(H,15,16)/t12-/m1/s1. The molecule has 1 atom stereocenters. The molecule has 2 rings (SSSR count). The van der Waals surface area contributed by atoms with E-state index in [2.05, 4.69) is 12.2 Å². The minimum atomic E-state index is -2.90. The van der Waals surface area contributed by atoms with Crippen LogP contribution in [-0.2, 0) is 21.1 Å². The van der Waals surface area contributed by atoms with E-state index in [1.165, 1.54) is 5.56 Å². The molecule has 1 N–H and O–H groups in total. The Labute approximate surface area is 114 Å². The molecule has 0 aliphatic carbocycles. The summed E-state index contributed by atoms with van der Waals surface area (Å²) in [5.41, 5.74) is 1.99. The lowest BCUT2D eigenvalue weighted by atomic mass is 10.0. The van der Waals surface area contributed by atoms with E-state index in [-0.39, 0.29) is 29.8 Å². The summed E-state index contributed by atoms with van der Waals surface area (Å²) < 4.78 is 22.6. The predicted molar refractivity (Wildman–Crippen MR) is 75.8 cm³/mol. The summed E-state index contributed by atoms with van der Waals surface area (Å²) in [6.07, 6.45) is 1.85. The summed E-state index contributed by atoms with van der Waals surface area (Å²) in [6, 6.07) is 7.72. The van der Waals surface area contributed by atoms with E-state index >= 15 is 0 Å². The fourth-order valence-electron chi connectivity index (χ4n) is 2.33. The minimum Gasteiger partial charge on any atom is -0.326 e. The van der Waals surface area contributed by atoms with Crippen LogP contribution < -0.4 is 5.32 Å². The van der Waals surface area contributed by atoms with Gasteiger partial charge in [-0.1, -0.05) is 19.1 Å². The molecule has 5 heteroatoms. The van der Waals surface area contributed by atoms with Crippen molar-refractivity contribution in [1.29, 1.82) is 0 Å². The average molecular weight is 281 g/mol. The van der Waals surface area contributed by atoms with Crippen LogP contribution in [0.15, 0.2) is 24.3 Å². The van der Waals surface area contributed by atoms with Gasteiger partial charge in [-0.3, -0.25) is 4.79 Å². The second kappa shape index (κ2) is 5.74. The van der Waals surface area contributed by atoms with Crippen LogP contribution in [0.4, 0.5) is 5.69 Å². The number of nitrogens with one attached hydrogen (secondary N) is 1. The topological polar surface area (TPSA) is 63.2 Å². The molecule has 0 spiro atoms. The maximum Gasteiger partial charge on any atom is 0.224 e. The zero-order valence-corrected chi connectivity index (χ0v) is 11.9. The highest BCUT2D eigenvalue weighted by Crippen LogP contribution is 2.22. The molecule has 0 aromatic heterocycles. The predicted octanol–water partition coefficient (Wildman–Crippen LogP) is 2.01. The molecular weight excluding hydrogens is 262 g/mol. The molecule has 1 saturated heterocycles. The monoisotopic (exact) mass is 281 g/mol. The van der Waals surface area contributed by atoms with Gasteiger partial charge >= 0.3 is 0 Å². The van der Waals surface area contributed by atoms with Crippen molar-refractivity contribution in [3.63, 3.8) is 0 Å². The molecule has 0 bridgehead atoms. The van der Waals surface area contributed by atoms with Crippen LogP contribution >= 0.6 is 0 Å². The van der Waals surface area contributed by atoms with Crippen molar-refractivity contribution in [2.45, 2.75) is 26.2 Å². The van der Waals surface area contributed by atoms with Crippen LogP contribution in [-0.4, -0.2) is 25.8 Å². The van der Waals surface area contributed by atoms with E-state index in [0.29, 0.717) is 6.42 Å². The van der Waals surface area contributed by atoms with E-state index in [9.17, 15) is 13.2 Å². The van der Waals surface area contributed by atoms with Gasteiger partial charge in [0.1, 0.15) is 0 Å². The summed E-state index contributed by atoms with van der Waals surface area (Å²) >= 11 is 0. The van der Waals surface area contributed by atoms with E-state index in [1.54, 1.807) is 0 Å². The quantitative estimate of drug-likeness (QED) is 0.918. The molecular formula is C14H19NO3S. The SMILES string of the molecule is CCc1ccc(NC(=O)C[C@H]2CCS(=O)(=O)C2)cc1. The Hall–Kier alpha value is -1.36. The number of anilines is 1. The Morgan fingerprint density at radius 2 is 2.00 bits per heavy atom. The molecule has 0 saturated carbocycles. The summed E-state index contributed by atoms with van der Waals surface area (Å²) in [7, 11) is -2.90. The number of benzene rings is 1. The second-order valence-electron chi connectivity index (χ2n) is 5.07. The van der Waals surface area contributed by atoms with Crippen LogP contribution in [0.3, 0.4) is 0 Å². The number of carbonyl (C=O) groups excluding carboxylic acids is 1. The lowest BCUT2D eigenvalue weighted by molar-refractivity contribution is -0.116. The molecule has 1 amide bonds. The number of rotatable bonds is 4. The molecule has 1 aliphatic heterocycles. The Balaban J connectivity index is 1.87. The highest BCUT2D eigenvalue weighted by Gasteiger charge is 2.29. The first kappa shape index (κ1) is 14.1. The molecule has 1 fully saturated rings. The Morgan fingerprint density at radius 1 is 1.32 bits per heavy atom. The minimum absolute atomic E-state index is 0.0279. The van der Waals surface area contributed by atoms with E-state index in [0.717, 1.165) is 12.1 Å². The van der Waals surface area contributed by atoms with E-state index in [1.807, 2.05) is 24.3 Å². The number of carbonyl (C=O) groups is 1. The largest absolute Gasteiger partial charge is 0.326 e. The van der Waals surface area contributed by atoms with Crippen molar-refractivity contribution in [3.05, 3.63) is 29.8 Å². The van der Waals surface area contributed by atoms with Gasteiger partial charge in [-0.15, -0.1) is 0 Å². The third kappa shape index (κ3) is 4.06. The smallest absolute Gasteiger partial charge is 0.224 e. The molecule has 1 heterocycles. The van der Waals surface area contributed by atoms with Crippen molar-refractivity contribution in [3.8, 4) is 0 Å². The van der Waals surface area contributed by atoms with Gasteiger partial charge in [-0.25, -0.2) is 8.42 Å². The van der Waals surface area contributed by atoms with Crippen LogP contribution in [0, 0.1) is 5.92 Å². The molecule has 104 valence electrons. The van der Waals surface area contributed by atoms with Gasteiger partial charge in [-0.05, 0) is 36.5 Å². The van der Waals surface area contributed by atoms with Crippen molar-refractivity contribution >= 4 is 21.4 Å². The van der Waals surface area contributed by atoms with Gasteiger partial charge in [-0.2, -0.15) is 0 Å². The Kier molecular flexibility index (Phi) is 4.24. The molecule has 19 heavy (non-hydrogen) atoms. The Morgan fingerprint density at radius 3 is 2.53 bits per heavy atom. The molecule has 1 aliphatic rings. The first-order valence-corrected chi connectivity index (χ1v) is 8.40. The zero-order valence-electron chi connectivity index (χ0n) is 11.1. The fourth-order valence-corrected chi connectivity index (χ4v) is 4.19. The second-order valence-corrected chi connectivity index (χ2v) is 7.30. The van der Waals surface area contributed by atoms with Crippen LogP contribution in [0.2, 0.25) is 0 Å². The van der Waals surface area contributed by atoms with Gasteiger partial charge in [0.25, 0.3) is 0 Å². The molecule has 4 nitrogen and oxygen atoms in total. The van der Waals surface area contributed by atoms with Crippen molar-refractivity contribution in [2.24, 2.45) is 5.92 Å². The molecule has 0 unspecified atom stereocenters. The van der Waals surface area contributed by atoms with Crippen LogP contribution in [0.5, 0.6) is 0 Å². The highest BCUT2D eigenvalue weighted by molar-refractivity contribution is 7.91. The number of hydrogen-bond acceptors (Lipinski definition) is 3. The third-order valence-electron chi connectivity index (χ3n) is 3.45. The van der Waals surface area contributed by atoms with Gasteiger partial charge in [0.2, 0.25) is 5.91 Å². The average Bonchev–Trinajstić information content (AvgIpc) is 2.69. The summed E-state index contributed by atoms with van der Waals surface area (Å²) in [5.74, 6) is 0.233. The number of sulfone groups is 1. The molecule has 1 aromatic rings. The van der Waals surface area contributed by atoms with Crippen LogP contribution in [0.25, 0.3) is 0 Å². The van der Waals surface area contributed by atoms with Crippen molar-refractivity contribution in [1.82, 2.24) is 0 Å². The maximum atomic E-state index is 11.8. The first-order valence-electron chi connectivity index (χ1n) is 6.58. The third-order valence-corrected chi connectivity index (χ3v) is 5.28. The summed E-state index contributed by atoms with van der Waals surface area (Å²) in [5, 5.41) is 2.81. The fraction of sp³-hybridized carbons (Fsp3) is 0.500. The number of amides is 1. The summed E-state index contributed by atoms with van der Waals surface area (Å²) in [4.78, 5) is 11.8. The van der Waals surface area contributed by atoms with Gasteiger partial charge < -0.3 is 5.32 Å². The highest BCUT2D eigenvalue weighted by atomic mass is 32.2. The molecule has 1 aromatic carbocycles. The molecule has 0 radical (unpaired) electrons. The van der Waals surface area contributed by atoms with E-state index in [4.69, 9.17) is 0 Å². The van der Waals surface area contributed by atoms with E-state index < -0.39 is 9.84 Å².